The molecular weight excluding hydrogens is 254 g/mol. The van der Waals surface area contributed by atoms with Crippen LogP contribution in [-0.2, 0) is 7.05 Å². The Morgan fingerprint density at radius 1 is 1.15 bits per heavy atom. The summed E-state index contributed by atoms with van der Waals surface area (Å²) in [6, 6.07) is 10.9. The predicted molar refractivity (Wildman–Crippen MR) is 78.3 cm³/mol. The minimum Gasteiger partial charge on any atom is -0.494 e. The van der Waals surface area contributed by atoms with Crippen molar-refractivity contribution in [2.45, 2.75) is 13.3 Å². The van der Waals surface area contributed by atoms with Gasteiger partial charge in [-0.3, -0.25) is 9.59 Å². The number of carbonyl (C=O) groups is 1. The van der Waals surface area contributed by atoms with Crippen LogP contribution in [0.25, 0.3) is 11.3 Å². The maximum atomic E-state index is 11.9. The minimum absolute atomic E-state index is 0.166. The summed E-state index contributed by atoms with van der Waals surface area (Å²) >= 11 is 0. The Morgan fingerprint density at radius 2 is 1.85 bits per heavy atom. The van der Waals surface area contributed by atoms with Crippen LogP contribution in [0.3, 0.4) is 0 Å². The van der Waals surface area contributed by atoms with Crippen LogP contribution in [0, 0.1) is 0 Å². The molecule has 1 aromatic carbocycles. The number of carbonyl (C=O) groups excluding carboxylic acids is 1. The van der Waals surface area contributed by atoms with Crippen LogP contribution in [-0.4, -0.2) is 17.5 Å². The second-order valence-electron chi connectivity index (χ2n) is 4.53. The molecule has 2 rings (SSSR count). The largest absolute Gasteiger partial charge is 0.494 e. The smallest absolute Gasteiger partial charge is 0.261 e. The summed E-state index contributed by atoms with van der Waals surface area (Å²) in [5.74, 6) is 0.810. The van der Waals surface area contributed by atoms with Crippen molar-refractivity contribution in [3.63, 3.8) is 0 Å². The Kier molecular flexibility index (Phi) is 4.35. The van der Waals surface area contributed by atoms with E-state index in [4.69, 9.17) is 4.74 Å². The highest BCUT2D eigenvalue weighted by Crippen LogP contribution is 2.21. The van der Waals surface area contributed by atoms with Crippen molar-refractivity contribution in [3.8, 4) is 17.0 Å². The number of aromatic nitrogens is 1. The lowest BCUT2D eigenvalue weighted by Gasteiger charge is -2.10. The molecule has 20 heavy (non-hydrogen) atoms. The molecule has 1 aromatic heterocycles. The molecule has 0 aliphatic heterocycles. The van der Waals surface area contributed by atoms with Crippen molar-refractivity contribution < 1.29 is 9.53 Å². The number of benzene rings is 1. The monoisotopic (exact) mass is 271 g/mol. The molecule has 0 bridgehead atoms. The van der Waals surface area contributed by atoms with E-state index in [0.717, 1.165) is 23.4 Å². The highest BCUT2D eigenvalue weighted by molar-refractivity contribution is 5.75. The summed E-state index contributed by atoms with van der Waals surface area (Å²) in [5.41, 5.74) is 1.55. The molecule has 4 heteroatoms. The Hall–Kier alpha value is -2.36. The lowest BCUT2D eigenvalue weighted by atomic mass is 10.1. The predicted octanol–water partition coefficient (Wildman–Crippen LogP) is 2.65. The van der Waals surface area contributed by atoms with Crippen LogP contribution in [0.15, 0.2) is 41.2 Å². The summed E-state index contributed by atoms with van der Waals surface area (Å²) < 4.78 is 7.00. The lowest BCUT2D eigenvalue weighted by Crippen LogP contribution is -2.21. The number of hydrogen-bond acceptors (Lipinski definition) is 3. The van der Waals surface area contributed by atoms with Gasteiger partial charge in [-0.15, -0.1) is 0 Å². The van der Waals surface area contributed by atoms with Gasteiger partial charge in [-0.2, -0.15) is 0 Å². The number of nitrogens with zero attached hydrogens (tertiary/aromatic N) is 1. The van der Waals surface area contributed by atoms with E-state index in [0.29, 0.717) is 12.9 Å². The van der Waals surface area contributed by atoms with Gasteiger partial charge >= 0.3 is 0 Å². The molecule has 0 aliphatic rings. The lowest BCUT2D eigenvalue weighted by molar-refractivity contribution is 0.112. The van der Waals surface area contributed by atoms with Gasteiger partial charge in [0.1, 0.15) is 5.75 Å². The first kappa shape index (κ1) is 14.1. The van der Waals surface area contributed by atoms with E-state index in [2.05, 4.69) is 6.92 Å². The molecule has 0 aliphatic carbocycles. The van der Waals surface area contributed by atoms with Gasteiger partial charge in [-0.05, 0) is 48.4 Å². The molecule has 0 radical (unpaired) electrons. The van der Waals surface area contributed by atoms with E-state index >= 15 is 0 Å². The second-order valence-corrected chi connectivity index (χ2v) is 4.53. The zero-order chi connectivity index (χ0) is 14.5. The van der Waals surface area contributed by atoms with Crippen molar-refractivity contribution in [2.24, 2.45) is 7.05 Å². The number of hydrogen-bond donors (Lipinski definition) is 0. The van der Waals surface area contributed by atoms with Crippen LogP contribution < -0.4 is 10.3 Å². The normalized spacial score (nSPS) is 10.3. The molecule has 104 valence electrons. The zero-order valence-corrected chi connectivity index (χ0v) is 11.6. The molecule has 2 aromatic rings. The molecule has 4 nitrogen and oxygen atoms in total. The Morgan fingerprint density at radius 3 is 2.45 bits per heavy atom. The molecule has 0 spiro atoms. The van der Waals surface area contributed by atoms with Gasteiger partial charge in [0.05, 0.1) is 17.9 Å². The first-order valence-corrected chi connectivity index (χ1v) is 6.55. The molecule has 0 saturated heterocycles. The fraction of sp³-hybridized carbons (Fsp3) is 0.250. The number of pyridine rings is 1. The minimum atomic E-state index is -0.288. The van der Waals surface area contributed by atoms with Crippen molar-refractivity contribution in [3.05, 3.63) is 52.3 Å². The second kappa shape index (κ2) is 6.19. The third-order valence-corrected chi connectivity index (χ3v) is 3.08. The SMILES string of the molecule is CCCOc1ccc(-c2ccc(C=O)c(=O)n2C)cc1. The summed E-state index contributed by atoms with van der Waals surface area (Å²) in [4.78, 5) is 22.7. The maximum absolute atomic E-state index is 11.9. The van der Waals surface area contributed by atoms with Gasteiger partial charge in [0, 0.05) is 7.05 Å². The average Bonchev–Trinajstić information content (AvgIpc) is 2.48. The Balaban J connectivity index is 2.35. The molecular formula is C16H17NO3. The van der Waals surface area contributed by atoms with E-state index in [1.807, 2.05) is 24.3 Å². The zero-order valence-electron chi connectivity index (χ0n) is 11.6. The van der Waals surface area contributed by atoms with Crippen molar-refractivity contribution >= 4 is 6.29 Å². The first-order chi connectivity index (χ1) is 9.67. The van der Waals surface area contributed by atoms with Gasteiger partial charge in [0.2, 0.25) is 0 Å². The Labute approximate surface area is 117 Å². The summed E-state index contributed by atoms with van der Waals surface area (Å²) in [6.07, 6.45) is 1.54. The quantitative estimate of drug-likeness (QED) is 0.785. The van der Waals surface area contributed by atoms with E-state index < -0.39 is 0 Å². The average molecular weight is 271 g/mol. The topological polar surface area (TPSA) is 48.3 Å². The number of ether oxygens (including phenoxy) is 1. The molecule has 0 saturated carbocycles. The molecule has 0 atom stereocenters. The summed E-state index contributed by atoms with van der Waals surface area (Å²) in [6.45, 7) is 2.74. The van der Waals surface area contributed by atoms with Crippen LogP contribution in [0.2, 0.25) is 0 Å². The third kappa shape index (κ3) is 2.79. The van der Waals surface area contributed by atoms with Crippen LogP contribution in [0.4, 0.5) is 0 Å². The third-order valence-electron chi connectivity index (χ3n) is 3.08. The molecule has 0 N–H and O–H groups in total. The van der Waals surface area contributed by atoms with Crippen LogP contribution in [0.1, 0.15) is 23.7 Å². The van der Waals surface area contributed by atoms with E-state index in [1.165, 1.54) is 4.57 Å². The fourth-order valence-electron chi connectivity index (χ4n) is 1.98. The molecule has 1 heterocycles. The van der Waals surface area contributed by atoms with Gasteiger partial charge in [-0.1, -0.05) is 6.92 Å². The van der Waals surface area contributed by atoms with Crippen LogP contribution >= 0.6 is 0 Å². The van der Waals surface area contributed by atoms with Crippen molar-refractivity contribution in [1.82, 2.24) is 4.57 Å². The molecule has 0 amide bonds. The van der Waals surface area contributed by atoms with E-state index in [-0.39, 0.29) is 11.1 Å². The highest BCUT2D eigenvalue weighted by atomic mass is 16.5. The number of aldehydes is 1. The summed E-state index contributed by atoms with van der Waals surface area (Å²) in [7, 11) is 1.66. The fourth-order valence-corrected chi connectivity index (χ4v) is 1.98. The van der Waals surface area contributed by atoms with Gasteiger partial charge in [0.25, 0.3) is 5.56 Å². The van der Waals surface area contributed by atoms with Crippen molar-refractivity contribution in [2.75, 3.05) is 6.61 Å². The first-order valence-electron chi connectivity index (χ1n) is 6.55. The maximum Gasteiger partial charge on any atom is 0.261 e. The standard InChI is InChI=1S/C16H17NO3/c1-3-10-20-14-7-4-12(5-8-14)15-9-6-13(11-18)16(19)17(15)2/h4-9,11H,3,10H2,1-2H3. The van der Waals surface area contributed by atoms with Gasteiger partial charge in [-0.25, -0.2) is 0 Å². The van der Waals surface area contributed by atoms with E-state index in [1.54, 1.807) is 19.2 Å². The van der Waals surface area contributed by atoms with Crippen molar-refractivity contribution in [1.29, 1.82) is 0 Å². The van der Waals surface area contributed by atoms with Gasteiger partial charge in [0.15, 0.2) is 6.29 Å². The molecule has 0 fully saturated rings. The number of rotatable bonds is 5. The highest BCUT2D eigenvalue weighted by Gasteiger charge is 2.07. The van der Waals surface area contributed by atoms with E-state index in [9.17, 15) is 9.59 Å². The van der Waals surface area contributed by atoms with Gasteiger partial charge < -0.3 is 9.30 Å². The van der Waals surface area contributed by atoms with Crippen LogP contribution in [0.5, 0.6) is 5.75 Å². The summed E-state index contributed by atoms with van der Waals surface area (Å²) in [5, 5.41) is 0. The molecule has 0 unspecified atom stereocenters. The Bertz CT molecular complexity index is 656.